The molecule has 0 spiro atoms. The topological polar surface area (TPSA) is 18.5 Å². The van der Waals surface area contributed by atoms with Crippen molar-refractivity contribution in [2.75, 3.05) is 13.2 Å². The highest BCUT2D eigenvalue weighted by Crippen LogP contribution is 2.58. The van der Waals surface area contributed by atoms with Gasteiger partial charge in [-0.3, -0.25) is 0 Å². The normalized spacial score (nSPS) is 16.9. The van der Waals surface area contributed by atoms with Crippen molar-refractivity contribution in [2.24, 2.45) is 0 Å². The summed E-state index contributed by atoms with van der Waals surface area (Å²) in [6.45, 7) is 4.98. The summed E-state index contributed by atoms with van der Waals surface area (Å²) in [4.78, 5) is 0. The second kappa shape index (κ2) is 11.7. The van der Waals surface area contributed by atoms with Crippen molar-refractivity contribution in [3.8, 4) is 35.2 Å². The zero-order valence-corrected chi connectivity index (χ0v) is 20.4. The predicted molar refractivity (Wildman–Crippen MR) is 129 cm³/mol. The van der Waals surface area contributed by atoms with Crippen molar-refractivity contribution in [1.29, 1.82) is 0 Å². The van der Waals surface area contributed by atoms with Crippen LogP contribution in [-0.2, 0) is 0 Å². The number of halogens is 6. The summed E-state index contributed by atoms with van der Waals surface area (Å²) in [6, 6.07) is 11.8. The van der Waals surface area contributed by atoms with Crippen molar-refractivity contribution in [1.82, 2.24) is 0 Å². The van der Waals surface area contributed by atoms with Crippen LogP contribution in [-0.4, -0.2) is 31.0 Å². The summed E-state index contributed by atoms with van der Waals surface area (Å²) >= 11 is 0. The van der Waals surface area contributed by atoms with Crippen molar-refractivity contribution < 1.29 is 35.8 Å². The number of benzene rings is 2. The second-order valence-electron chi connectivity index (χ2n) is 8.43. The second-order valence-corrected chi connectivity index (χ2v) is 8.43. The molecule has 1 aliphatic rings. The van der Waals surface area contributed by atoms with Crippen LogP contribution in [0.15, 0.2) is 59.7 Å². The summed E-state index contributed by atoms with van der Waals surface area (Å²) in [5.74, 6) is -6.80. The van der Waals surface area contributed by atoms with E-state index in [1.807, 2.05) is 25.7 Å². The third-order valence-electron chi connectivity index (χ3n) is 5.57. The van der Waals surface area contributed by atoms with Crippen LogP contribution >= 0.6 is 0 Å². The van der Waals surface area contributed by atoms with Gasteiger partial charge in [-0.2, -0.15) is 26.3 Å². The van der Waals surface area contributed by atoms with Gasteiger partial charge in [0.1, 0.15) is 11.5 Å². The maximum absolute atomic E-state index is 14.5. The first-order valence-electron chi connectivity index (χ1n) is 11.9. The van der Waals surface area contributed by atoms with E-state index in [1.165, 1.54) is 48.5 Å². The van der Waals surface area contributed by atoms with Crippen molar-refractivity contribution in [3.05, 3.63) is 70.8 Å². The highest BCUT2D eigenvalue weighted by molar-refractivity contribution is 5.60. The first kappa shape index (κ1) is 28.1. The largest absolute Gasteiger partial charge is 0.494 e. The van der Waals surface area contributed by atoms with Gasteiger partial charge in [-0.1, -0.05) is 50.4 Å². The maximum Gasteiger partial charge on any atom is 0.382 e. The van der Waals surface area contributed by atoms with Crippen LogP contribution in [0, 0.1) is 23.7 Å². The summed E-state index contributed by atoms with van der Waals surface area (Å²) < 4.78 is 97.3. The number of unbranched alkanes of at least 4 members (excludes halogenated alkanes) is 2. The number of alkyl halides is 6. The molecule has 196 valence electrons. The zero-order valence-electron chi connectivity index (χ0n) is 20.4. The molecule has 0 saturated heterocycles. The molecule has 0 heterocycles. The molecule has 8 heteroatoms. The molecule has 0 fully saturated rings. The molecule has 37 heavy (non-hydrogen) atoms. The van der Waals surface area contributed by atoms with Gasteiger partial charge in [0.2, 0.25) is 0 Å². The number of ether oxygens (including phenoxy) is 2. The quantitative estimate of drug-likeness (QED) is 0.202. The summed E-state index contributed by atoms with van der Waals surface area (Å²) in [6.07, 6.45) is 3.56. The average Bonchev–Trinajstić information content (AvgIpc) is 2.96. The van der Waals surface area contributed by atoms with E-state index in [-0.39, 0.29) is 11.1 Å². The molecule has 0 atom stereocenters. The lowest BCUT2D eigenvalue weighted by atomic mass is 10.1. The van der Waals surface area contributed by atoms with E-state index in [4.69, 9.17) is 9.47 Å². The predicted octanol–water partition coefficient (Wildman–Crippen LogP) is 7.66. The number of rotatable bonds is 8. The van der Waals surface area contributed by atoms with Gasteiger partial charge in [0.25, 0.3) is 0 Å². The molecule has 0 radical (unpaired) electrons. The minimum atomic E-state index is -5.68. The zero-order chi connectivity index (χ0) is 27.1. The molecular formula is C29H26F6O2. The Morgan fingerprint density at radius 2 is 0.919 bits per heavy atom. The van der Waals surface area contributed by atoms with Gasteiger partial charge in [0, 0.05) is 11.1 Å². The standard InChI is InChI=1S/C29H26F6O2/c1-3-5-19-36-23-13-7-21(8-14-23)11-17-25-26(28(32,33)29(34,35)27(25,30)31)18-12-22-9-15-24(16-10-22)37-20-6-4-2/h7-10,13-16H,3-6,19-20H2,1-2H3. The SMILES string of the molecule is CCCCOc1ccc(C#CC2=C(C#Cc3ccc(OCCCC)cc3)C(F)(F)C(F)(F)C2(F)F)cc1. The molecule has 0 unspecified atom stereocenters. The molecule has 2 aromatic carbocycles. The van der Waals surface area contributed by atoms with E-state index in [0.29, 0.717) is 24.7 Å². The summed E-state index contributed by atoms with van der Waals surface area (Å²) in [5.41, 5.74) is -3.07. The van der Waals surface area contributed by atoms with Crippen LogP contribution < -0.4 is 9.47 Å². The van der Waals surface area contributed by atoms with Crippen LogP contribution in [0.3, 0.4) is 0 Å². The lowest BCUT2D eigenvalue weighted by Gasteiger charge is -2.24. The smallest absolute Gasteiger partial charge is 0.382 e. The Hall–Kier alpha value is -3.52. The van der Waals surface area contributed by atoms with Crippen LogP contribution in [0.1, 0.15) is 50.7 Å². The number of allylic oxidation sites excluding steroid dienone is 2. The van der Waals surface area contributed by atoms with E-state index in [9.17, 15) is 26.3 Å². The van der Waals surface area contributed by atoms with E-state index >= 15 is 0 Å². The number of hydrogen-bond donors (Lipinski definition) is 0. The third kappa shape index (κ3) is 6.07. The minimum absolute atomic E-state index is 0.163. The maximum atomic E-state index is 14.5. The van der Waals surface area contributed by atoms with Crippen molar-refractivity contribution in [2.45, 2.75) is 57.3 Å². The Labute approximate surface area is 212 Å². The van der Waals surface area contributed by atoms with Crippen molar-refractivity contribution >= 4 is 0 Å². The average molecular weight is 521 g/mol. The van der Waals surface area contributed by atoms with Crippen LogP contribution in [0.5, 0.6) is 11.5 Å². The Kier molecular flexibility index (Phi) is 8.86. The van der Waals surface area contributed by atoms with Gasteiger partial charge in [-0.25, -0.2) is 0 Å². The van der Waals surface area contributed by atoms with Gasteiger partial charge >= 0.3 is 17.8 Å². The monoisotopic (exact) mass is 520 g/mol. The molecule has 2 nitrogen and oxygen atoms in total. The minimum Gasteiger partial charge on any atom is -0.494 e. The molecule has 0 amide bonds. The van der Waals surface area contributed by atoms with Gasteiger partial charge < -0.3 is 9.47 Å². The summed E-state index contributed by atoms with van der Waals surface area (Å²) in [5, 5.41) is 0. The fourth-order valence-corrected chi connectivity index (χ4v) is 3.31. The first-order valence-corrected chi connectivity index (χ1v) is 11.9. The Balaban J connectivity index is 1.92. The Morgan fingerprint density at radius 1 is 0.568 bits per heavy atom. The van der Waals surface area contributed by atoms with E-state index in [2.05, 4.69) is 11.8 Å². The van der Waals surface area contributed by atoms with E-state index in [1.54, 1.807) is 0 Å². The van der Waals surface area contributed by atoms with Crippen LogP contribution in [0.4, 0.5) is 26.3 Å². The van der Waals surface area contributed by atoms with Gasteiger partial charge in [-0.05, 0) is 61.4 Å². The van der Waals surface area contributed by atoms with Gasteiger partial charge in [0.15, 0.2) is 0 Å². The van der Waals surface area contributed by atoms with E-state index < -0.39 is 28.9 Å². The molecule has 0 N–H and O–H groups in total. The molecule has 0 bridgehead atoms. The Morgan fingerprint density at radius 3 is 1.24 bits per heavy atom. The van der Waals surface area contributed by atoms with Crippen LogP contribution in [0.2, 0.25) is 0 Å². The van der Waals surface area contributed by atoms with Crippen LogP contribution in [0.25, 0.3) is 0 Å². The molecule has 0 aromatic heterocycles. The fraction of sp³-hybridized carbons (Fsp3) is 0.379. The third-order valence-corrected chi connectivity index (χ3v) is 5.57. The molecule has 0 aliphatic heterocycles. The number of hydrogen-bond acceptors (Lipinski definition) is 2. The fourth-order valence-electron chi connectivity index (χ4n) is 3.31. The lowest BCUT2D eigenvalue weighted by molar-refractivity contribution is -0.263. The molecular weight excluding hydrogens is 494 g/mol. The lowest BCUT2D eigenvalue weighted by Crippen LogP contribution is -2.49. The molecule has 2 aromatic rings. The first-order chi connectivity index (χ1) is 17.5. The Bertz CT molecular complexity index is 1130. The summed E-state index contributed by atoms with van der Waals surface area (Å²) in [7, 11) is 0. The van der Waals surface area contributed by atoms with Gasteiger partial charge in [0.05, 0.1) is 24.4 Å². The van der Waals surface area contributed by atoms with E-state index in [0.717, 1.165) is 25.7 Å². The van der Waals surface area contributed by atoms with Gasteiger partial charge in [-0.15, -0.1) is 0 Å². The molecule has 1 aliphatic carbocycles. The van der Waals surface area contributed by atoms with Crippen molar-refractivity contribution in [3.63, 3.8) is 0 Å². The molecule has 0 saturated carbocycles. The molecule has 3 rings (SSSR count). The highest BCUT2D eigenvalue weighted by Gasteiger charge is 2.80. The highest BCUT2D eigenvalue weighted by atomic mass is 19.3.